The summed E-state index contributed by atoms with van der Waals surface area (Å²) in [5.41, 5.74) is 10.2. The highest BCUT2D eigenvalue weighted by Crippen LogP contribution is 2.53. The fraction of sp³-hybridized carbons (Fsp3) is 0. The third-order valence-corrected chi connectivity index (χ3v) is 13.1. The molecule has 0 unspecified atom stereocenters. The van der Waals surface area contributed by atoms with Crippen molar-refractivity contribution in [3.05, 3.63) is 182 Å². The molecule has 0 saturated heterocycles. The van der Waals surface area contributed by atoms with Gasteiger partial charge in [-0.25, -0.2) is 9.97 Å². The summed E-state index contributed by atoms with van der Waals surface area (Å²) >= 11 is 1.77. The molecule has 0 radical (unpaired) electrons. The fourth-order valence-corrected chi connectivity index (χ4v) is 10.5. The maximum absolute atomic E-state index is 5.58. The minimum atomic E-state index is 0.711. The lowest BCUT2D eigenvalue weighted by Crippen LogP contribution is -2.15. The normalized spacial score (nSPS) is 12.5. The highest BCUT2D eigenvalue weighted by atomic mass is 32.1. The number of aromatic nitrogens is 3. The summed E-state index contributed by atoms with van der Waals surface area (Å²) < 4.78 is 4.63. The van der Waals surface area contributed by atoms with Gasteiger partial charge in [-0.3, -0.25) is 4.57 Å². The van der Waals surface area contributed by atoms with Crippen molar-refractivity contribution < 1.29 is 0 Å². The van der Waals surface area contributed by atoms with Gasteiger partial charge in [0.2, 0.25) is 0 Å². The maximum Gasteiger partial charge on any atom is 0.162 e. The Balaban J connectivity index is 1.10. The first-order valence-electron chi connectivity index (χ1n) is 19.3. The van der Waals surface area contributed by atoms with Crippen LogP contribution in [-0.2, 0) is 0 Å². The minimum absolute atomic E-state index is 0.711. The van der Waals surface area contributed by atoms with Gasteiger partial charge in [-0.2, -0.15) is 0 Å². The number of anilines is 3. The van der Waals surface area contributed by atoms with E-state index in [0.29, 0.717) is 5.82 Å². The molecule has 0 bridgehead atoms. The zero-order chi connectivity index (χ0) is 37.2. The van der Waals surface area contributed by atoms with Crippen LogP contribution in [0.2, 0.25) is 0 Å². The molecule has 264 valence electrons. The molecular weight excluding hydrogens is 713 g/mol. The zero-order valence-corrected chi connectivity index (χ0v) is 31.3. The molecule has 0 fully saturated rings. The smallest absolute Gasteiger partial charge is 0.162 e. The van der Waals surface area contributed by atoms with E-state index in [-0.39, 0.29) is 0 Å². The van der Waals surface area contributed by atoms with Crippen LogP contribution < -0.4 is 4.90 Å². The first-order valence-corrected chi connectivity index (χ1v) is 20.2. The first kappa shape index (κ1) is 30.9. The molecule has 1 aliphatic heterocycles. The highest BCUT2D eigenvalue weighted by molar-refractivity contribution is 7.26. The van der Waals surface area contributed by atoms with Crippen LogP contribution in [0.25, 0.3) is 103 Å². The predicted molar refractivity (Wildman–Crippen MR) is 241 cm³/mol. The average Bonchev–Trinajstić information content (AvgIpc) is 3.82. The van der Waals surface area contributed by atoms with Gasteiger partial charge in [-0.15, -0.1) is 11.3 Å². The quantitative estimate of drug-likeness (QED) is 0.181. The summed E-state index contributed by atoms with van der Waals surface area (Å²) in [6.45, 7) is 0. The summed E-state index contributed by atoms with van der Waals surface area (Å²) in [6.07, 6.45) is 0. The number of thiophene rings is 1. The van der Waals surface area contributed by atoms with Gasteiger partial charge < -0.3 is 4.90 Å². The van der Waals surface area contributed by atoms with Gasteiger partial charge in [0.15, 0.2) is 11.6 Å². The molecule has 57 heavy (non-hydrogen) atoms. The summed E-state index contributed by atoms with van der Waals surface area (Å²) in [6, 6.07) is 66.0. The molecule has 0 aliphatic carbocycles. The number of nitrogens with zero attached hydrogens (tertiary/aromatic N) is 4. The van der Waals surface area contributed by atoms with Crippen LogP contribution in [0, 0.1) is 0 Å². The molecule has 9 aromatic carbocycles. The summed E-state index contributed by atoms with van der Waals surface area (Å²) in [5.74, 6) is 1.62. The van der Waals surface area contributed by atoms with Crippen molar-refractivity contribution >= 4 is 103 Å². The highest BCUT2D eigenvalue weighted by Gasteiger charge is 2.28. The molecule has 4 nitrogen and oxygen atoms in total. The third-order valence-electron chi connectivity index (χ3n) is 11.9. The monoisotopic (exact) mass is 742 g/mol. The standard InChI is InChI=1S/C52H30N4S/c1-2-14-33-30-46-41(29-32(33)13-1)38-22-11-15-31-16-12-25-45(48(31)38)55(46)44-28-27-39(34-17-3-4-18-35(34)44)51-53-49-40-21-7-10-26-47(40)57-50(49)52(54-51)56-42-23-8-5-19-36(42)37-20-6-9-24-43(37)56/h1-30H. The molecule has 0 spiro atoms. The number of benzene rings is 9. The van der Waals surface area contributed by atoms with Gasteiger partial charge in [-0.1, -0.05) is 133 Å². The number of hydrogen-bond donors (Lipinski definition) is 0. The molecule has 5 heteroatoms. The summed E-state index contributed by atoms with van der Waals surface area (Å²) in [4.78, 5) is 13.5. The lowest BCUT2D eigenvalue weighted by molar-refractivity contribution is 1.08. The van der Waals surface area contributed by atoms with Gasteiger partial charge in [0.1, 0.15) is 0 Å². The second-order valence-corrected chi connectivity index (χ2v) is 16.0. The number of fused-ring (bicyclic) bond motifs is 10. The van der Waals surface area contributed by atoms with Crippen molar-refractivity contribution in [1.29, 1.82) is 0 Å². The Kier molecular flexibility index (Phi) is 6.29. The van der Waals surface area contributed by atoms with E-state index in [9.17, 15) is 0 Å². The van der Waals surface area contributed by atoms with Crippen molar-refractivity contribution in [2.45, 2.75) is 0 Å². The number of rotatable bonds is 3. The number of para-hydroxylation sites is 2. The second-order valence-electron chi connectivity index (χ2n) is 14.9. The van der Waals surface area contributed by atoms with Gasteiger partial charge in [0.05, 0.1) is 38.3 Å². The molecule has 0 atom stereocenters. The summed E-state index contributed by atoms with van der Waals surface area (Å²) in [5, 5.41) is 10.8. The SMILES string of the molecule is c1ccc2cc3c(cc2c1)-c1cccc2cccc(c12)N3c1ccc(-c2nc(-n3c4ccccc4c4ccccc43)c3sc4ccccc4c3n2)c2ccccc12. The largest absolute Gasteiger partial charge is 0.309 e. The Labute approximate surface area is 331 Å². The van der Waals surface area contributed by atoms with E-state index in [1.54, 1.807) is 11.3 Å². The zero-order valence-electron chi connectivity index (χ0n) is 30.5. The van der Waals surface area contributed by atoms with E-state index in [1.807, 2.05) is 0 Å². The molecular formula is C52H30N4S. The lowest BCUT2D eigenvalue weighted by atomic mass is 9.88. The molecule has 12 aromatic rings. The van der Waals surface area contributed by atoms with E-state index in [0.717, 1.165) is 54.5 Å². The predicted octanol–water partition coefficient (Wildman–Crippen LogP) is 14.5. The van der Waals surface area contributed by atoms with Gasteiger partial charge in [0, 0.05) is 42.8 Å². The molecule has 0 amide bonds. The molecule has 1 aliphatic rings. The molecule has 0 saturated carbocycles. The average molecular weight is 743 g/mol. The van der Waals surface area contributed by atoms with Crippen molar-refractivity contribution in [2.75, 3.05) is 4.90 Å². The van der Waals surface area contributed by atoms with Crippen molar-refractivity contribution in [3.63, 3.8) is 0 Å². The third kappa shape index (κ3) is 4.32. The maximum atomic E-state index is 5.58. The Bertz CT molecular complexity index is 3610. The van der Waals surface area contributed by atoms with Gasteiger partial charge in [-0.05, 0) is 75.6 Å². The van der Waals surface area contributed by atoms with E-state index in [1.165, 1.54) is 59.5 Å². The van der Waals surface area contributed by atoms with Gasteiger partial charge in [0.25, 0.3) is 0 Å². The van der Waals surface area contributed by atoms with E-state index in [4.69, 9.17) is 9.97 Å². The second kappa shape index (κ2) is 11.6. The first-order chi connectivity index (χ1) is 28.3. The van der Waals surface area contributed by atoms with Crippen LogP contribution >= 0.6 is 11.3 Å². The fourth-order valence-electron chi connectivity index (χ4n) is 9.42. The Hall–Kier alpha value is -7.34. The van der Waals surface area contributed by atoms with Crippen molar-refractivity contribution in [2.24, 2.45) is 0 Å². The lowest BCUT2D eigenvalue weighted by Gasteiger charge is -2.34. The minimum Gasteiger partial charge on any atom is -0.309 e. The summed E-state index contributed by atoms with van der Waals surface area (Å²) in [7, 11) is 0. The van der Waals surface area contributed by atoms with Crippen LogP contribution in [0.1, 0.15) is 0 Å². The van der Waals surface area contributed by atoms with Crippen LogP contribution in [0.5, 0.6) is 0 Å². The topological polar surface area (TPSA) is 34.0 Å². The molecule has 3 aromatic heterocycles. The van der Waals surface area contributed by atoms with Crippen molar-refractivity contribution in [1.82, 2.24) is 14.5 Å². The Morgan fingerprint density at radius 3 is 1.82 bits per heavy atom. The van der Waals surface area contributed by atoms with Gasteiger partial charge >= 0.3 is 0 Å². The molecule has 13 rings (SSSR count). The van der Waals surface area contributed by atoms with E-state index < -0.39 is 0 Å². The Morgan fingerprint density at radius 1 is 0.404 bits per heavy atom. The van der Waals surface area contributed by atoms with E-state index in [2.05, 4.69) is 191 Å². The molecule has 0 N–H and O–H groups in total. The van der Waals surface area contributed by atoms with Crippen LogP contribution in [-0.4, -0.2) is 14.5 Å². The van der Waals surface area contributed by atoms with Crippen LogP contribution in [0.4, 0.5) is 17.1 Å². The Morgan fingerprint density at radius 2 is 1.04 bits per heavy atom. The number of hydrogen-bond acceptors (Lipinski definition) is 4. The van der Waals surface area contributed by atoms with Crippen LogP contribution in [0.15, 0.2) is 182 Å². The van der Waals surface area contributed by atoms with E-state index >= 15 is 0 Å². The van der Waals surface area contributed by atoms with Crippen LogP contribution in [0.3, 0.4) is 0 Å². The molecule has 4 heterocycles. The van der Waals surface area contributed by atoms with Crippen molar-refractivity contribution in [3.8, 4) is 28.3 Å².